The van der Waals surface area contributed by atoms with Crippen molar-refractivity contribution in [2.75, 3.05) is 0 Å². The third-order valence-electron chi connectivity index (χ3n) is 1.59. The summed E-state index contributed by atoms with van der Waals surface area (Å²) in [6.07, 6.45) is 0. The van der Waals surface area contributed by atoms with Gasteiger partial charge < -0.3 is 0 Å². The van der Waals surface area contributed by atoms with E-state index in [9.17, 15) is 8.42 Å². The van der Waals surface area contributed by atoms with E-state index in [2.05, 4.69) is 0 Å². The molecule has 1 heterocycles. The van der Waals surface area contributed by atoms with Crippen LogP contribution in [-0.4, -0.2) is 8.42 Å². The summed E-state index contributed by atoms with van der Waals surface area (Å²) in [5.41, 5.74) is 0. The molecule has 0 spiro atoms. The van der Waals surface area contributed by atoms with E-state index >= 15 is 0 Å². The summed E-state index contributed by atoms with van der Waals surface area (Å²) in [7, 11) is -2.22. The van der Waals surface area contributed by atoms with E-state index in [0.29, 0.717) is 9.79 Å². The van der Waals surface area contributed by atoms with E-state index in [0.717, 1.165) is 0 Å². The Hall–Kier alpha value is -0.740. The maximum atomic E-state index is 11.3. The Labute approximate surface area is 75.2 Å². The fourth-order valence-electron chi connectivity index (χ4n) is 1.03. The van der Waals surface area contributed by atoms with Gasteiger partial charge in [0.05, 0.1) is 31.4 Å². The van der Waals surface area contributed by atoms with Gasteiger partial charge in [0.1, 0.15) is 0 Å². The zero-order valence-corrected chi connectivity index (χ0v) is 7.73. The minimum atomic E-state index is -1.11. The summed E-state index contributed by atoms with van der Waals surface area (Å²) in [5, 5.41) is 2.94. The largest absolute Gasteiger partial charge is 0.250 e. The SMILES string of the molecule is O=S1C=CS(=O)c2ccccc21. The van der Waals surface area contributed by atoms with Crippen molar-refractivity contribution in [3.63, 3.8) is 0 Å². The first kappa shape index (κ1) is 7.89. The fraction of sp³-hybridized carbons (Fsp3) is 0. The number of rotatable bonds is 0. The molecular weight excluding hydrogens is 192 g/mol. The van der Waals surface area contributed by atoms with Crippen molar-refractivity contribution in [1.82, 2.24) is 0 Å². The lowest BCUT2D eigenvalue weighted by atomic mass is 10.4. The van der Waals surface area contributed by atoms with Crippen LogP contribution in [0.25, 0.3) is 0 Å². The van der Waals surface area contributed by atoms with Crippen LogP contribution in [0.4, 0.5) is 0 Å². The van der Waals surface area contributed by atoms with Crippen molar-refractivity contribution < 1.29 is 8.42 Å². The molecule has 4 heteroatoms. The molecule has 2 nitrogen and oxygen atoms in total. The van der Waals surface area contributed by atoms with Gasteiger partial charge in [-0.05, 0) is 12.1 Å². The third-order valence-corrected chi connectivity index (χ3v) is 4.23. The number of hydrogen-bond acceptors (Lipinski definition) is 2. The highest BCUT2D eigenvalue weighted by Gasteiger charge is 2.15. The maximum absolute atomic E-state index is 11.3. The Morgan fingerprint density at radius 3 is 1.67 bits per heavy atom. The van der Waals surface area contributed by atoms with Gasteiger partial charge in [0.15, 0.2) is 0 Å². The van der Waals surface area contributed by atoms with E-state index in [1.165, 1.54) is 10.8 Å². The Morgan fingerprint density at radius 1 is 0.833 bits per heavy atom. The molecule has 0 saturated carbocycles. The quantitative estimate of drug-likeness (QED) is 0.631. The van der Waals surface area contributed by atoms with Crippen LogP contribution < -0.4 is 0 Å². The zero-order chi connectivity index (χ0) is 8.55. The second-order valence-corrected chi connectivity index (χ2v) is 4.93. The first-order chi connectivity index (χ1) is 5.79. The number of benzene rings is 1. The van der Waals surface area contributed by atoms with Crippen LogP contribution in [0, 0.1) is 0 Å². The molecule has 1 aromatic rings. The Morgan fingerprint density at radius 2 is 1.25 bits per heavy atom. The topological polar surface area (TPSA) is 34.1 Å². The molecule has 2 unspecified atom stereocenters. The van der Waals surface area contributed by atoms with E-state index in [-0.39, 0.29) is 0 Å². The fourth-order valence-corrected chi connectivity index (χ4v) is 3.58. The van der Waals surface area contributed by atoms with Crippen molar-refractivity contribution in [3.8, 4) is 0 Å². The summed E-state index contributed by atoms with van der Waals surface area (Å²) in [6.45, 7) is 0. The lowest BCUT2D eigenvalue weighted by Gasteiger charge is -2.07. The van der Waals surface area contributed by atoms with Crippen LogP contribution in [0.1, 0.15) is 0 Å². The molecule has 0 fully saturated rings. The summed E-state index contributed by atoms with van der Waals surface area (Å²) in [5.74, 6) is 0. The smallest absolute Gasteiger partial charge is 0.0794 e. The molecule has 0 aromatic heterocycles. The normalized spacial score (nSPS) is 26.7. The average molecular weight is 198 g/mol. The van der Waals surface area contributed by atoms with Crippen molar-refractivity contribution in [1.29, 1.82) is 0 Å². The standard InChI is InChI=1S/C8H6O2S2/c9-11-5-6-12(10)8-4-2-1-3-7(8)11/h1-6H. The van der Waals surface area contributed by atoms with Crippen LogP contribution in [0.2, 0.25) is 0 Å². The molecule has 0 radical (unpaired) electrons. The summed E-state index contributed by atoms with van der Waals surface area (Å²) in [6, 6.07) is 7.08. The Kier molecular flexibility index (Phi) is 1.94. The molecule has 1 aliphatic rings. The molecule has 0 saturated heterocycles. The van der Waals surface area contributed by atoms with Crippen LogP contribution in [0.15, 0.2) is 44.9 Å². The summed E-state index contributed by atoms with van der Waals surface area (Å²) < 4.78 is 22.6. The summed E-state index contributed by atoms with van der Waals surface area (Å²) in [4.78, 5) is 1.33. The first-order valence-corrected chi connectivity index (χ1v) is 5.80. The van der Waals surface area contributed by atoms with Crippen molar-refractivity contribution in [2.24, 2.45) is 0 Å². The summed E-state index contributed by atoms with van der Waals surface area (Å²) >= 11 is 0. The van der Waals surface area contributed by atoms with E-state index in [4.69, 9.17) is 0 Å². The molecule has 0 amide bonds. The van der Waals surface area contributed by atoms with Crippen LogP contribution >= 0.6 is 0 Å². The first-order valence-electron chi connectivity index (χ1n) is 3.37. The molecule has 1 aromatic carbocycles. The monoisotopic (exact) mass is 198 g/mol. The lowest BCUT2D eigenvalue weighted by Crippen LogP contribution is -2.01. The van der Waals surface area contributed by atoms with E-state index in [1.54, 1.807) is 24.3 Å². The molecule has 2 rings (SSSR count). The van der Waals surface area contributed by atoms with Crippen molar-refractivity contribution in [2.45, 2.75) is 9.79 Å². The minimum absolute atomic E-state index is 0.665. The molecule has 0 bridgehead atoms. The van der Waals surface area contributed by atoms with Crippen molar-refractivity contribution >= 4 is 21.6 Å². The lowest BCUT2D eigenvalue weighted by molar-refractivity contribution is 0.679. The Bertz CT molecular complexity index is 359. The van der Waals surface area contributed by atoms with Gasteiger partial charge in [-0.1, -0.05) is 12.1 Å². The second kappa shape index (κ2) is 2.95. The number of fused-ring (bicyclic) bond motifs is 1. The molecule has 12 heavy (non-hydrogen) atoms. The van der Waals surface area contributed by atoms with Crippen LogP contribution in [-0.2, 0) is 21.6 Å². The van der Waals surface area contributed by atoms with Crippen LogP contribution in [0.3, 0.4) is 0 Å². The van der Waals surface area contributed by atoms with Gasteiger partial charge in [-0.15, -0.1) is 0 Å². The molecule has 1 aliphatic heterocycles. The molecule has 0 aliphatic carbocycles. The number of hydrogen-bond donors (Lipinski definition) is 0. The van der Waals surface area contributed by atoms with Gasteiger partial charge in [0, 0.05) is 10.8 Å². The highest BCUT2D eigenvalue weighted by Crippen LogP contribution is 2.23. The van der Waals surface area contributed by atoms with Gasteiger partial charge in [-0.25, -0.2) is 8.42 Å². The molecular formula is C8H6O2S2. The van der Waals surface area contributed by atoms with Gasteiger partial charge >= 0.3 is 0 Å². The van der Waals surface area contributed by atoms with Crippen LogP contribution in [0.5, 0.6) is 0 Å². The predicted molar refractivity (Wildman–Crippen MR) is 48.4 cm³/mol. The highest BCUT2D eigenvalue weighted by molar-refractivity contribution is 7.94. The maximum Gasteiger partial charge on any atom is 0.0794 e. The average Bonchev–Trinajstić information content (AvgIpc) is 2.12. The highest BCUT2D eigenvalue weighted by atomic mass is 32.2. The van der Waals surface area contributed by atoms with Crippen molar-refractivity contribution in [3.05, 3.63) is 35.1 Å². The van der Waals surface area contributed by atoms with Gasteiger partial charge in [-0.3, -0.25) is 0 Å². The third kappa shape index (κ3) is 1.17. The molecule has 62 valence electrons. The van der Waals surface area contributed by atoms with E-state index in [1.807, 2.05) is 0 Å². The molecule has 0 N–H and O–H groups in total. The van der Waals surface area contributed by atoms with Gasteiger partial charge in [0.25, 0.3) is 0 Å². The van der Waals surface area contributed by atoms with Gasteiger partial charge in [-0.2, -0.15) is 0 Å². The predicted octanol–water partition coefficient (Wildman–Crippen LogP) is 1.39. The Balaban J connectivity index is 2.69. The van der Waals surface area contributed by atoms with Gasteiger partial charge in [0.2, 0.25) is 0 Å². The second-order valence-electron chi connectivity index (χ2n) is 2.31. The minimum Gasteiger partial charge on any atom is -0.250 e. The molecule has 2 atom stereocenters. The zero-order valence-electron chi connectivity index (χ0n) is 6.10. The van der Waals surface area contributed by atoms with E-state index < -0.39 is 21.6 Å².